The lowest BCUT2D eigenvalue weighted by atomic mass is 9.68. The van der Waals surface area contributed by atoms with Gasteiger partial charge in [-0.25, -0.2) is 4.79 Å². The van der Waals surface area contributed by atoms with Crippen LogP contribution in [0.25, 0.3) is 0 Å². The molecule has 0 bridgehead atoms. The van der Waals surface area contributed by atoms with Crippen LogP contribution in [0, 0.1) is 12.3 Å². The van der Waals surface area contributed by atoms with Gasteiger partial charge in [-0.1, -0.05) is 0 Å². The standard InChI is InChI=1S/C14H17NO4/c1-8-11-9(15-12(8)13(17)18)6-14(7-10(11)16)2-4-19-5-3-14/h15H,2-7H2,1H3,(H,17,18). The summed E-state index contributed by atoms with van der Waals surface area (Å²) in [6, 6.07) is 0. The largest absolute Gasteiger partial charge is 0.477 e. The van der Waals surface area contributed by atoms with Gasteiger partial charge in [0.2, 0.25) is 0 Å². The summed E-state index contributed by atoms with van der Waals surface area (Å²) in [5.41, 5.74) is 2.11. The zero-order valence-corrected chi connectivity index (χ0v) is 10.9. The number of carbonyl (C=O) groups is 2. The third-order valence-electron chi connectivity index (χ3n) is 4.46. The number of ketones is 1. The van der Waals surface area contributed by atoms with E-state index < -0.39 is 5.97 Å². The lowest BCUT2D eigenvalue weighted by Gasteiger charge is -2.39. The molecule has 3 rings (SSSR count). The van der Waals surface area contributed by atoms with E-state index in [0.717, 1.165) is 25.0 Å². The average molecular weight is 263 g/mol. The molecule has 2 aliphatic rings. The summed E-state index contributed by atoms with van der Waals surface area (Å²) >= 11 is 0. The number of fused-ring (bicyclic) bond motifs is 1. The van der Waals surface area contributed by atoms with Gasteiger partial charge in [-0.3, -0.25) is 4.79 Å². The molecule has 1 aromatic heterocycles. The molecule has 2 N–H and O–H groups in total. The van der Waals surface area contributed by atoms with Crippen molar-refractivity contribution >= 4 is 11.8 Å². The Bertz CT molecular complexity index is 552. The molecule has 19 heavy (non-hydrogen) atoms. The van der Waals surface area contributed by atoms with Crippen LogP contribution in [0.4, 0.5) is 0 Å². The minimum Gasteiger partial charge on any atom is -0.477 e. The van der Waals surface area contributed by atoms with E-state index in [1.54, 1.807) is 6.92 Å². The second kappa shape index (κ2) is 4.20. The molecule has 2 heterocycles. The first-order valence-corrected chi connectivity index (χ1v) is 6.58. The van der Waals surface area contributed by atoms with Gasteiger partial charge in [-0.15, -0.1) is 0 Å². The Balaban J connectivity index is 2.02. The number of nitrogens with one attached hydrogen (secondary N) is 1. The van der Waals surface area contributed by atoms with Gasteiger partial charge in [0.25, 0.3) is 0 Å². The van der Waals surface area contributed by atoms with Crippen LogP contribution < -0.4 is 0 Å². The van der Waals surface area contributed by atoms with Gasteiger partial charge < -0.3 is 14.8 Å². The van der Waals surface area contributed by atoms with E-state index in [2.05, 4.69) is 4.98 Å². The SMILES string of the molecule is Cc1c(C(=O)O)[nH]c2c1C(=O)CC1(CCOCC1)C2. The number of hydrogen-bond donors (Lipinski definition) is 2. The van der Waals surface area contributed by atoms with Gasteiger partial charge in [0.05, 0.1) is 0 Å². The highest BCUT2D eigenvalue weighted by molar-refractivity contribution is 6.03. The highest BCUT2D eigenvalue weighted by Crippen LogP contribution is 2.43. The Hall–Kier alpha value is -1.62. The molecule has 0 unspecified atom stereocenters. The van der Waals surface area contributed by atoms with Crippen LogP contribution >= 0.6 is 0 Å². The minimum atomic E-state index is -0.999. The molecule has 1 fully saturated rings. The van der Waals surface area contributed by atoms with Crippen molar-refractivity contribution in [3.05, 3.63) is 22.5 Å². The first kappa shape index (κ1) is 12.4. The molecule has 0 atom stereocenters. The number of ether oxygens (including phenoxy) is 1. The third-order valence-corrected chi connectivity index (χ3v) is 4.46. The molecule has 0 radical (unpaired) electrons. The number of hydrogen-bond acceptors (Lipinski definition) is 3. The number of carbonyl (C=O) groups excluding carboxylic acids is 1. The molecule has 1 aliphatic carbocycles. The third kappa shape index (κ3) is 1.89. The van der Waals surface area contributed by atoms with E-state index in [0.29, 0.717) is 30.8 Å². The van der Waals surface area contributed by atoms with Crippen molar-refractivity contribution < 1.29 is 19.4 Å². The van der Waals surface area contributed by atoms with Gasteiger partial charge in [0.1, 0.15) is 5.69 Å². The normalized spacial score (nSPS) is 21.4. The molecule has 1 saturated heterocycles. The molecule has 5 heteroatoms. The van der Waals surface area contributed by atoms with Crippen molar-refractivity contribution in [3.8, 4) is 0 Å². The summed E-state index contributed by atoms with van der Waals surface area (Å²) in [5, 5.41) is 9.14. The Labute approximate surface area is 111 Å². The Morgan fingerprint density at radius 1 is 1.32 bits per heavy atom. The summed E-state index contributed by atoms with van der Waals surface area (Å²) in [7, 11) is 0. The summed E-state index contributed by atoms with van der Waals surface area (Å²) in [4.78, 5) is 26.5. The molecule has 1 aliphatic heterocycles. The maximum atomic E-state index is 12.4. The predicted octanol–water partition coefficient (Wildman–Crippen LogP) is 1.95. The molecule has 102 valence electrons. The summed E-state index contributed by atoms with van der Waals surface area (Å²) in [5.74, 6) is -0.926. The van der Waals surface area contributed by atoms with Crippen LogP contribution in [0.5, 0.6) is 0 Å². The maximum absolute atomic E-state index is 12.4. The van der Waals surface area contributed by atoms with Crippen LogP contribution in [0.15, 0.2) is 0 Å². The van der Waals surface area contributed by atoms with Gasteiger partial charge >= 0.3 is 5.97 Å². The predicted molar refractivity (Wildman–Crippen MR) is 67.6 cm³/mol. The minimum absolute atomic E-state index is 0.0323. The number of H-pyrrole nitrogens is 1. The van der Waals surface area contributed by atoms with Crippen molar-refractivity contribution in [2.45, 2.75) is 32.6 Å². The number of aromatic carboxylic acids is 1. The van der Waals surface area contributed by atoms with Crippen LogP contribution in [-0.4, -0.2) is 35.1 Å². The summed E-state index contributed by atoms with van der Waals surface area (Å²) in [6.07, 6.45) is 3.02. The summed E-state index contributed by atoms with van der Waals surface area (Å²) in [6.45, 7) is 3.08. The fourth-order valence-electron chi connectivity index (χ4n) is 3.41. The molecule has 5 nitrogen and oxygen atoms in total. The first-order chi connectivity index (χ1) is 9.02. The maximum Gasteiger partial charge on any atom is 0.352 e. The van der Waals surface area contributed by atoms with E-state index >= 15 is 0 Å². The van der Waals surface area contributed by atoms with Gasteiger partial charge in [-0.2, -0.15) is 0 Å². The van der Waals surface area contributed by atoms with Gasteiger partial charge in [0.15, 0.2) is 5.78 Å². The highest BCUT2D eigenvalue weighted by Gasteiger charge is 2.42. The van der Waals surface area contributed by atoms with Gasteiger partial charge in [0, 0.05) is 30.9 Å². The number of aromatic nitrogens is 1. The van der Waals surface area contributed by atoms with E-state index in [9.17, 15) is 9.59 Å². The van der Waals surface area contributed by atoms with Crippen LogP contribution in [0.2, 0.25) is 0 Å². The number of rotatable bonds is 1. The van der Waals surface area contributed by atoms with Crippen LogP contribution in [-0.2, 0) is 11.2 Å². The van der Waals surface area contributed by atoms with Crippen molar-refractivity contribution in [2.75, 3.05) is 13.2 Å². The Morgan fingerprint density at radius 2 is 2.00 bits per heavy atom. The fraction of sp³-hybridized carbons (Fsp3) is 0.571. The van der Waals surface area contributed by atoms with Crippen molar-refractivity contribution in [2.24, 2.45) is 5.41 Å². The molecular weight excluding hydrogens is 246 g/mol. The summed E-state index contributed by atoms with van der Waals surface area (Å²) < 4.78 is 5.37. The second-order valence-electron chi connectivity index (χ2n) is 5.67. The molecule has 0 saturated carbocycles. The molecule has 0 aromatic carbocycles. The van der Waals surface area contributed by atoms with Crippen LogP contribution in [0.3, 0.4) is 0 Å². The lowest BCUT2D eigenvalue weighted by molar-refractivity contribution is 0.00886. The van der Waals surface area contributed by atoms with Crippen molar-refractivity contribution in [3.63, 3.8) is 0 Å². The van der Waals surface area contributed by atoms with Crippen LogP contribution in [0.1, 0.15) is 51.4 Å². The number of carboxylic acids is 1. The zero-order chi connectivity index (χ0) is 13.6. The van der Waals surface area contributed by atoms with Crippen molar-refractivity contribution in [1.29, 1.82) is 0 Å². The van der Waals surface area contributed by atoms with E-state index in [1.807, 2.05) is 0 Å². The second-order valence-corrected chi connectivity index (χ2v) is 5.67. The molecular formula is C14H17NO4. The smallest absolute Gasteiger partial charge is 0.352 e. The highest BCUT2D eigenvalue weighted by atomic mass is 16.5. The number of carboxylic acid groups (broad SMARTS) is 1. The van der Waals surface area contributed by atoms with Crippen molar-refractivity contribution in [1.82, 2.24) is 4.98 Å². The zero-order valence-electron chi connectivity index (χ0n) is 10.9. The monoisotopic (exact) mass is 263 g/mol. The van der Waals surface area contributed by atoms with E-state index in [1.165, 1.54) is 0 Å². The quantitative estimate of drug-likeness (QED) is 0.811. The van der Waals surface area contributed by atoms with E-state index in [-0.39, 0.29) is 16.9 Å². The Kier molecular flexibility index (Phi) is 2.74. The topological polar surface area (TPSA) is 79.4 Å². The molecule has 1 spiro atoms. The van der Waals surface area contributed by atoms with Gasteiger partial charge in [-0.05, 0) is 37.2 Å². The fourth-order valence-corrected chi connectivity index (χ4v) is 3.41. The number of Topliss-reactive ketones (excluding diaryl/α,β-unsaturated/α-hetero) is 1. The van der Waals surface area contributed by atoms with E-state index in [4.69, 9.17) is 9.84 Å². The number of aromatic amines is 1. The Morgan fingerprint density at radius 3 is 2.63 bits per heavy atom. The molecule has 1 aromatic rings. The average Bonchev–Trinajstić information content (AvgIpc) is 2.67. The lowest BCUT2D eigenvalue weighted by Crippen LogP contribution is -2.37. The first-order valence-electron chi connectivity index (χ1n) is 6.58. The molecule has 0 amide bonds.